The van der Waals surface area contributed by atoms with Crippen LogP contribution >= 0.6 is 7.60 Å². The maximum atomic E-state index is 11.9. The number of fused-ring (bicyclic) bond motifs is 1. The number of imidazole rings is 1. The number of nitrogen functional groups attached to an aromatic ring is 1. The molecule has 0 spiro atoms. The molecule has 0 amide bonds. The Bertz CT molecular complexity index is 857. The molecule has 25 heavy (non-hydrogen) atoms. The average molecular weight is 369 g/mol. The van der Waals surface area contributed by atoms with E-state index in [1.54, 1.807) is 4.57 Å². The van der Waals surface area contributed by atoms with Gasteiger partial charge >= 0.3 is 7.60 Å². The summed E-state index contributed by atoms with van der Waals surface area (Å²) in [7, 11) is -3.54. The third-order valence-electron chi connectivity index (χ3n) is 3.61. The second kappa shape index (κ2) is 8.42. The van der Waals surface area contributed by atoms with Gasteiger partial charge in [0.25, 0.3) is 5.56 Å². The van der Waals surface area contributed by atoms with Crippen molar-refractivity contribution in [2.45, 2.75) is 39.7 Å². The summed E-state index contributed by atoms with van der Waals surface area (Å²) in [4.78, 5) is 32.0. The third kappa shape index (κ3) is 5.52. The zero-order valence-corrected chi connectivity index (χ0v) is 15.3. The van der Waals surface area contributed by atoms with Crippen LogP contribution in [0.25, 0.3) is 11.2 Å². The summed E-state index contributed by atoms with van der Waals surface area (Å²) in [5.41, 5.74) is 6.77. The van der Waals surface area contributed by atoms with Crippen LogP contribution < -0.4 is 11.3 Å². The van der Waals surface area contributed by atoms with E-state index in [1.807, 2.05) is 19.9 Å². The predicted molar refractivity (Wildman–Crippen MR) is 96.5 cm³/mol. The minimum Gasteiger partial charge on any atom is -0.369 e. The zero-order valence-electron chi connectivity index (χ0n) is 14.4. The SMILES string of the molecule is CCCCOP(=O)(O)CC/C=C(/C)Cn1cnc2c(=O)[nH]c(N)nc21. The van der Waals surface area contributed by atoms with Crippen molar-refractivity contribution in [1.82, 2.24) is 19.5 Å². The molecule has 2 aromatic heterocycles. The van der Waals surface area contributed by atoms with Gasteiger partial charge in [0.15, 0.2) is 11.2 Å². The smallest absolute Gasteiger partial charge is 0.328 e. The van der Waals surface area contributed by atoms with Crippen LogP contribution in [0.4, 0.5) is 5.95 Å². The number of H-pyrrole nitrogens is 1. The Balaban J connectivity index is 1.98. The monoisotopic (exact) mass is 369 g/mol. The lowest BCUT2D eigenvalue weighted by atomic mass is 10.2. The lowest BCUT2D eigenvalue weighted by Gasteiger charge is -2.11. The van der Waals surface area contributed by atoms with Crippen LogP contribution in [-0.4, -0.2) is 37.2 Å². The molecule has 1 unspecified atom stereocenters. The van der Waals surface area contributed by atoms with Gasteiger partial charge in [-0.2, -0.15) is 4.98 Å². The van der Waals surface area contributed by atoms with Crippen LogP contribution in [0.5, 0.6) is 0 Å². The molecule has 0 bridgehead atoms. The Morgan fingerprint density at radius 1 is 1.56 bits per heavy atom. The average Bonchev–Trinajstić information content (AvgIpc) is 2.90. The standard InChI is InChI=1S/C15H24N5O4P/c1-3-4-7-24-25(22,23)8-5-6-11(2)9-20-10-17-12-13(20)18-15(16)19-14(12)21/h6,10H,3-5,7-9H2,1-2H3,(H,22,23)(H3,16,18,19,21)/b11-6-. The van der Waals surface area contributed by atoms with Gasteiger partial charge in [0, 0.05) is 6.54 Å². The molecule has 10 heteroatoms. The van der Waals surface area contributed by atoms with Crippen LogP contribution in [0.15, 0.2) is 22.8 Å². The normalized spacial score (nSPS) is 14.8. The lowest BCUT2D eigenvalue weighted by Crippen LogP contribution is -2.12. The molecule has 138 valence electrons. The van der Waals surface area contributed by atoms with Crippen molar-refractivity contribution in [2.75, 3.05) is 18.5 Å². The molecule has 0 aliphatic rings. The summed E-state index contributed by atoms with van der Waals surface area (Å²) in [6, 6.07) is 0. The van der Waals surface area contributed by atoms with Gasteiger partial charge in [-0.25, -0.2) is 4.98 Å². The van der Waals surface area contributed by atoms with Crippen molar-refractivity contribution in [1.29, 1.82) is 0 Å². The number of aromatic amines is 1. The minimum atomic E-state index is -3.54. The molecule has 0 aliphatic carbocycles. The molecule has 0 saturated heterocycles. The van der Waals surface area contributed by atoms with Gasteiger partial charge < -0.3 is 19.7 Å². The van der Waals surface area contributed by atoms with E-state index in [4.69, 9.17) is 10.3 Å². The first-order valence-electron chi connectivity index (χ1n) is 8.15. The molecular formula is C15H24N5O4P. The van der Waals surface area contributed by atoms with Gasteiger partial charge in [-0.1, -0.05) is 25.0 Å². The molecule has 0 radical (unpaired) electrons. The zero-order chi connectivity index (χ0) is 18.4. The summed E-state index contributed by atoms with van der Waals surface area (Å²) < 4.78 is 18.6. The number of nitrogens with one attached hydrogen (secondary N) is 1. The fourth-order valence-electron chi connectivity index (χ4n) is 2.31. The number of hydrogen-bond acceptors (Lipinski definition) is 6. The van der Waals surface area contributed by atoms with Crippen LogP contribution in [0.2, 0.25) is 0 Å². The number of nitrogens with zero attached hydrogens (tertiary/aromatic N) is 3. The van der Waals surface area contributed by atoms with Crippen molar-refractivity contribution in [3.63, 3.8) is 0 Å². The summed E-state index contributed by atoms with van der Waals surface area (Å²) in [5, 5.41) is 0. The van der Waals surface area contributed by atoms with Gasteiger partial charge in [0.2, 0.25) is 5.95 Å². The summed E-state index contributed by atoms with van der Waals surface area (Å²) in [6.45, 7) is 4.64. The molecule has 1 atom stereocenters. The maximum Gasteiger partial charge on any atom is 0.328 e. The molecule has 0 aromatic carbocycles. The highest BCUT2D eigenvalue weighted by atomic mass is 31.2. The van der Waals surface area contributed by atoms with Crippen molar-refractivity contribution in [2.24, 2.45) is 0 Å². The van der Waals surface area contributed by atoms with E-state index in [2.05, 4.69) is 15.0 Å². The molecule has 2 aromatic rings. The molecular weight excluding hydrogens is 345 g/mol. The fraction of sp³-hybridized carbons (Fsp3) is 0.533. The lowest BCUT2D eigenvalue weighted by molar-refractivity contribution is 0.255. The number of nitrogens with two attached hydrogens (primary N) is 1. The maximum absolute atomic E-state index is 11.9. The van der Waals surface area contributed by atoms with Crippen LogP contribution in [0.3, 0.4) is 0 Å². The molecule has 4 N–H and O–H groups in total. The first kappa shape index (κ1) is 19.4. The summed E-state index contributed by atoms with van der Waals surface area (Å²) >= 11 is 0. The van der Waals surface area contributed by atoms with Crippen molar-refractivity contribution in [3.05, 3.63) is 28.3 Å². The number of aromatic nitrogens is 4. The molecule has 0 fully saturated rings. The van der Waals surface area contributed by atoms with E-state index < -0.39 is 7.60 Å². The topological polar surface area (TPSA) is 136 Å². The first-order chi connectivity index (χ1) is 11.8. The Labute approximate surface area is 145 Å². The van der Waals surface area contributed by atoms with E-state index in [9.17, 15) is 14.3 Å². The Morgan fingerprint density at radius 2 is 2.32 bits per heavy atom. The second-order valence-corrected chi connectivity index (χ2v) is 7.86. The molecule has 0 aliphatic heterocycles. The van der Waals surface area contributed by atoms with Crippen LogP contribution in [0.1, 0.15) is 33.1 Å². The predicted octanol–water partition coefficient (Wildman–Crippen LogP) is 2.04. The summed E-state index contributed by atoms with van der Waals surface area (Å²) in [5.74, 6) is 0.0336. The highest BCUT2D eigenvalue weighted by Crippen LogP contribution is 2.42. The Hall–Kier alpha value is -1.96. The van der Waals surface area contributed by atoms with Crippen molar-refractivity contribution in [3.8, 4) is 0 Å². The largest absolute Gasteiger partial charge is 0.369 e. The van der Waals surface area contributed by atoms with E-state index in [1.165, 1.54) is 6.33 Å². The molecule has 9 nitrogen and oxygen atoms in total. The first-order valence-corrected chi connectivity index (χ1v) is 9.91. The third-order valence-corrected chi connectivity index (χ3v) is 5.02. The van der Waals surface area contributed by atoms with E-state index in [0.717, 1.165) is 18.4 Å². The quantitative estimate of drug-likeness (QED) is 0.349. The highest BCUT2D eigenvalue weighted by Gasteiger charge is 2.17. The molecule has 0 saturated carbocycles. The van der Waals surface area contributed by atoms with Crippen molar-refractivity contribution < 1.29 is 14.0 Å². The van der Waals surface area contributed by atoms with E-state index in [0.29, 0.717) is 25.2 Å². The highest BCUT2D eigenvalue weighted by molar-refractivity contribution is 7.52. The number of hydrogen-bond donors (Lipinski definition) is 3. The van der Waals surface area contributed by atoms with Gasteiger partial charge in [0.1, 0.15) is 0 Å². The van der Waals surface area contributed by atoms with Gasteiger partial charge in [0.05, 0.1) is 19.1 Å². The van der Waals surface area contributed by atoms with E-state index >= 15 is 0 Å². The van der Waals surface area contributed by atoms with Crippen LogP contribution in [-0.2, 0) is 15.6 Å². The molecule has 2 heterocycles. The fourth-order valence-corrected chi connectivity index (χ4v) is 3.31. The second-order valence-electron chi connectivity index (χ2n) is 5.88. The van der Waals surface area contributed by atoms with Gasteiger partial charge in [-0.3, -0.25) is 14.3 Å². The van der Waals surface area contributed by atoms with Gasteiger partial charge in [-0.05, 0) is 19.8 Å². The molecule has 2 rings (SSSR count). The minimum absolute atomic E-state index is 0.0336. The number of rotatable bonds is 9. The van der Waals surface area contributed by atoms with Crippen molar-refractivity contribution >= 4 is 24.7 Å². The van der Waals surface area contributed by atoms with Gasteiger partial charge in [-0.15, -0.1) is 0 Å². The number of unbranched alkanes of at least 4 members (excludes halogenated alkanes) is 1. The van der Waals surface area contributed by atoms with E-state index in [-0.39, 0.29) is 23.2 Å². The Kier molecular flexibility index (Phi) is 6.52. The van der Waals surface area contributed by atoms with Crippen LogP contribution in [0, 0.1) is 0 Å². The Morgan fingerprint density at radius 3 is 3.04 bits per heavy atom. The summed E-state index contributed by atoms with van der Waals surface area (Å²) in [6.07, 6.45) is 5.57. The number of anilines is 1. The number of allylic oxidation sites excluding steroid dienone is 2.